The van der Waals surface area contributed by atoms with Crippen LogP contribution >= 0.6 is 0 Å². The van der Waals surface area contributed by atoms with Gasteiger partial charge in [-0.3, -0.25) is 0 Å². The Labute approximate surface area is 98.8 Å². The molecule has 0 aliphatic heterocycles. The molecule has 0 bridgehead atoms. The van der Waals surface area contributed by atoms with E-state index in [1.807, 2.05) is 0 Å². The third-order valence-electron chi connectivity index (χ3n) is 2.46. The molecule has 0 aliphatic rings. The van der Waals surface area contributed by atoms with Crippen LogP contribution in [0.4, 0.5) is 0 Å². The number of hydrogen-bond acceptors (Lipinski definition) is 2. The van der Waals surface area contributed by atoms with Crippen molar-refractivity contribution < 1.29 is 4.74 Å². The molecule has 92 valence electrons. The van der Waals surface area contributed by atoms with Gasteiger partial charge in [0.2, 0.25) is 0 Å². The average Bonchev–Trinajstić information content (AvgIpc) is 2.66. The van der Waals surface area contributed by atoms with Gasteiger partial charge in [0.25, 0.3) is 0 Å². The maximum Gasteiger partial charge on any atom is 0.0479 e. The Kier molecular flexibility index (Phi) is 6.19. The monoisotopic (exact) mass is 224 g/mol. The minimum atomic E-state index is 0.712. The van der Waals surface area contributed by atoms with Gasteiger partial charge in [-0.25, -0.2) is 0 Å². The zero-order valence-corrected chi connectivity index (χ0v) is 10.7. The summed E-state index contributed by atoms with van der Waals surface area (Å²) in [6, 6.07) is 2.18. The molecule has 3 heteroatoms. The van der Waals surface area contributed by atoms with Crippen molar-refractivity contribution in [1.29, 1.82) is 0 Å². The third kappa shape index (κ3) is 5.33. The average molecular weight is 224 g/mol. The number of aryl methyl sites for hydroxylation is 1. The lowest BCUT2D eigenvalue weighted by Crippen LogP contribution is -2.18. The predicted octanol–water partition coefficient (Wildman–Crippen LogP) is 2.27. The summed E-state index contributed by atoms with van der Waals surface area (Å²) >= 11 is 0. The number of aromatic nitrogens is 1. The summed E-state index contributed by atoms with van der Waals surface area (Å²) in [7, 11) is 1.75. The first-order chi connectivity index (χ1) is 7.72. The van der Waals surface area contributed by atoms with Crippen molar-refractivity contribution in [1.82, 2.24) is 9.88 Å². The molecule has 0 aromatic carbocycles. The van der Waals surface area contributed by atoms with E-state index in [2.05, 4.69) is 42.2 Å². The molecule has 0 spiro atoms. The predicted molar refractivity (Wildman–Crippen MR) is 67.5 cm³/mol. The van der Waals surface area contributed by atoms with Crippen molar-refractivity contribution in [2.75, 3.05) is 20.3 Å². The summed E-state index contributed by atoms with van der Waals surface area (Å²) in [4.78, 5) is 0. The van der Waals surface area contributed by atoms with Gasteiger partial charge in [0.1, 0.15) is 0 Å². The van der Waals surface area contributed by atoms with E-state index in [1.54, 1.807) is 7.11 Å². The molecule has 3 nitrogen and oxygen atoms in total. The molecule has 1 rings (SSSR count). The second-order valence-corrected chi connectivity index (χ2v) is 4.63. The van der Waals surface area contributed by atoms with Crippen LogP contribution in [-0.4, -0.2) is 24.8 Å². The van der Waals surface area contributed by atoms with Crippen LogP contribution in [0.1, 0.15) is 25.8 Å². The molecule has 0 radical (unpaired) electrons. The molecule has 16 heavy (non-hydrogen) atoms. The van der Waals surface area contributed by atoms with Gasteiger partial charge in [0.15, 0.2) is 0 Å². The highest BCUT2D eigenvalue weighted by Crippen LogP contribution is 2.02. The summed E-state index contributed by atoms with van der Waals surface area (Å²) in [5, 5.41) is 3.44. The smallest absolute Gasteiger partial charge is 0.0479 e. The maximum atomic E-state index is 5.04. The summed E-state index contributed by atoms with van der Waals surface area (Å²) in [6.45, 7) is 8.37. The number of methoxy groups -OCH3 is 1. The second kappa shape index (κ2) is 7.47. The summed E-state index contributed by atoms with van der Waals surface area (Å²) < 4.78 is 7.26. The number of nitrogens with zero attached hydrogens (tertiary/aromatic N) is 1. The molecule has 1 aromatic rings. The molecule has 1 aromatic heterocycles. The normalized spacial score (nSPS) is 11.2. The van der Waals surface area contributed by atoms with Gasteiger partial charge >= 0.3 is 0 Å². The first-order valence-corrected chi connectivity index (χ1v) is 6.06. The van der Waals surface area contributed by atoms with Crippen molar-refractivity contribution in [2.45, 2.75) is 33.4 Å². The largest absolute Gasteiger partial charge is 0.385 e. The SMILES string of the molecule is COCCCn1ccc(CNCC(C)C)c1. The second-order valence-electron chi connectivity index (χ2n) is 4.63. The number of ether oxygens (including phenoxy) is 1. The fourth-order valence-electron chi connectivity index (χ4n) is 1.63. The van der Waals surface area contributed by atoms with E-state index in [0.29, 0.717) is 5.92 Å². The molecule has 1 heterocycles. The fraction of sp³-hybridized carbons (Fsp3) is 0.692. The number of rotatable bonds is 8. The molecule has 0 aliphatic carbocycles. The van der Waals surface area contributed by atoms with Crippen LogP contribution in [0.3, 0.4) is 0 Å². The van der Waals surface area contributed by atoms with E-state index in [0.717, 1.165) is 32.7 Å². The first-order valence-electron chi connectivity index (χ1n) is 6.06. The van der Waals surface area contributed by atoms with E-state index >= 15 is 0 Å². The molecular weight excluding hydrogens is 200 g/mol. The van der Waals surface area contributed by atoms with Gasteiger partial charge in [-0.2, -0.15) is 0 Å². The van der Waals surface area contributed by atoms with E-state index in [1.165, 1.54) is 5.56 Å². The Morgan fingerprint density at radius 1 is 1.44 bits per heavy atom. The lowest BCUT2D eigenvalue weighted by atomic mass is 10.2. The zero-order valence-electron chi connectivity index (χ0n) is 10.7. The van der Waals surface area contributed by atoms with Crippen molar-refractivity contribution in [2.24, 2.45) is 5.92 Å². The fourth-order valence-corrected chi connectivity index (χ4v) is 1.63. The molecule has 0 unspecified atom stereocenters. The van der Waals surface area contributed by atoms with Gasteiger partial charge in [0.05, 0.1) is 0 Å². The van der Waals surface area contributed by atoms with E-state index in [-0.39, 0.29) is 0 Å². The summed E-state index contributed by atoms with van der Waals surface area (Å²) in [5.74, 6) is 0.712. The van der Waals surface area contributed by atoms with E-state index in [9.17, 15) is 0 Å². The van der Waals surface area contributed by atoms with Crippen LogP contribution in [0.15, 0.2) is 18.5 Å². The van der Waals surface area contributed by atoms with E-state index in [4.69, 9.17) is 4.74 Å². The minimum absolute atomic E-state index is 0.712. The van der Waals surface area contributed by atoms with Crippen molar-refractivity contribution in [3.05, 3.63) is 24.0 Å². The number of hydrogen-bond donors (Lipinski definition) is 1. The quantitative estimate of drug-likeness (QED) is 0.686. The van der Waals surface area contributed by atoms with Crippen LogP contribution in [-0.2, 0) is 17.8 Å². The van der Waals surface area contributed by atoms with Gasteiger partial charge in [-0.1, -0.05) is 13.8 Å². The van der Waals surface area contributed by atoms with Crippen molar-refractivity contribution in [3.8, 4) is 0 Å². The molecule has 1 N–H and O–H groups in total. The Bertz CT molecular complexity index is 281. The van der Waals surface area contributed by atoms with Crippen molar-refractivity contribution >= 4 is 0 Å². The van der Waals surface area contributed by atoms with E-state index < -0.39 is 0 Å². The lowest BCUT2D eigenvalue weighted by Gasteiger charge is -2.05. The van der Waals surface area contributed by atoms with Crippen LogP contribution in [0.5, 0.6) is 0 Å². The Morgan fingerprint density at radius 2 is 2.25 bits per heavy atom. The lowest BCUT2D eigenvalue weighted by molar-refractivity contribution is 0.190. The summed E-state index contributed by atoms with van der Waals surface area (Å²) in [6.07, 6.45) is 5.43. The van der Waals surface area contributed by atoms with Crippen LogP contribution in [0.2, 0.25) is 0 Å². The molecule has 0 saturated heterocycles. The van der Waals surface area contributed by atoms with Gasteiger partial charge in [-0.05, 0) is 30.5 Å². The highest BCUT2D eigenvalue weighted by Gasteiger charge is 1.98. The van der Waals surface area contributed by atoms with Crippen LogP contribution < -0.4 is 5.32 Å². The minimum Gasteiger partial charge on any atom is -0.385 e. The highest BCUT2D eigenvalue weighted by molar-refractivity contribution is 5.09. The Hall–Kier alpha value is -0.800. The van der Waals surface area contributed by atoms with Gasteiger partial charge < -0.3 is 14.6 Å². The molecular formula is C13H24N2O. The first kappa shape index (κ1) is 13.3. The Balaban J connectivity index is 2.22. The number of nitrogens with one attached hydrogen (secondary N) is 1. The molecule has 0 saturated carbocycles. The van der Waals surface area contributed by atoms with Crippen molar-refractivity contribution in [3.63, 3.8) is 0 Å². The van der Waals surface area contributed by atoms with Gasteiger partial charge in [-0.15, -0.1) is 0 Å². The highest BCUT2D eigenvalue weighted by atomic mass is 16.5. The van der Waals surface area contributed by atoms with Gasteiger partial charge in [0, 0.05) is 39.2 Å². The third-order valence-corrected chi connectivity index (χ3v) is 2.46. The standard InChI is InChI=1S/C13H24N2O/c1-12(2)9-14-10-13-5-7-15(11-13)6-4-8-16-3/h5,7,11-12,14H,4,6,8-10H2,1-3H3. The molecule has 0 atom stereocenters. The zero-order chi connectivity index (χ0) is 11.8. The maximum absolute atomic E-state index is 5.04. The molecule has 0 amide bonds. The van der Waals surface area contributed by atoms with Crippen LogP contribution in [0, 0.1) is 5.92 Å². The summed E-state index contributed by atoms with van der Waals surface area (Å²) in [5.41, 5.74) is 1.36. The van der Waals surface area contributed by atoms with Crippen LogP contribution in [0.25, 0.3) is 0 Å². The topological polar surface area (TPSA) is 26.2 Å². The Morgan fingerprint density at radius 3 is 2.94 bits per heavy atom. The molecule has 0 fully saturated rings.